The molecule has 0 saturated heterocycles. The number of nitrogens with zero attached hydrogens (tertiary/aromatic N) is 1. The first kappa shape index (κ1) is 25.3. The van der Waals surface area contributed by atoms with E-state index in [0.29, 0.717) is 17.9 Å². The van der Waals surface area contributed by atoms with E-state index in [9.17, 15) is 13.2 Å². The van der Waals surface area contributed by atoms with Gasteiger partial charge in [-0.15, -0.1) is 0 Å². The summed E-state index contributed by atoms with van der Waals surface area (Å²) in [7, 11) is 0.706. The molecule has 0 aromatic heterocycles. The Labute approximate surface area is 190 Å². The number of amides is 1. The standard InChI is InChI=1S/C23H32N2O6S/c1-8-19(17-9-11-21(30-5)15(2)13-17)24-23(26)16(3)25(32(7,27)28)20-14-18(29-4)10-12-22(20)31-6/h9-14,16,19H,8H2,1-7H3,(H,24,26). The molecule has 0 heterocycles. The molecule has 0 aliphatic rings. The van der Waals surface area contributed by atoms with Gasteiger partial charge in [-0.2, -0.15) is 0 Å². The zero-order chi connectivity index (χ0) is 24.1. The van der Waals surface area contributed by atoms with Gasteiger partial charge in [-0.25, -0.2) is 8.42 Å². The SMILES string of the molecule is CCC(NC(=O)C(C)N(c1cc(OC)ccc1OC)S(C)(=O)=O)c1ccc(OC)c(C)c1. The number of methoxy groups -OCH3 is 3. The number of carbonyl (C=O) groups excluding carboxylic acids is 1. The van der Waals surface area contributed by atoms with Crippen molar-refractivity contribution in [2.75, 3.05) is 31.9 Å². The van der Waals surface area contributed by atoms with Gasteiger partial charge in [0, 0.05) is 6.07 Å². The van der Waals surface area contributed by atoms with E-state index in [1.54, 1.807) is 26.2 Å². The highest BCUT2D eigenvalue weighted by Crippen LogP contribution is 2.35. The van der Waals surface area contributed by atoms with Crippen LogP contribution in [-0.2, 0) is 14.8 Å². The fourth-order valence-electron chi connectivity index (χ4n) is 3.58. The van der Waals surface area contributed by atoms with Gasteiger partial charge in [0.05, 0.1) is 39.3 Å². The smallest absolute Gasteiger partial charge is 0.244 e. The summed E-state index contributed by atoms with van der Waals surface area (Å²) in [6, 6.07) is 9.18. The lowest BCUT2D eigenvalue weighted by atomic mass is 10.0. The predicted molar refractivity (Wildman–Crippen MR) is 125 cm³/mol. The van der Waals surface area contributed by atoms with E-state index in [2.05, 4.69) is 5.32 Å². The van der Waals surface area contributed by atoms with Crippen LogP contribution in [0.1, 0.15) is 37.4 Å². The maximum Gasteiger partial charge on any atom is 0.244 e. The molecule has 2 rings (SSSR count). The molecule has 2 aromatic rings. The average Bonchev–Trinajstić information content (AvgIpc) is 2.76. The Bertz CT molecular complexity index is 1050. The Morgan fingerprint density at radius 3 is 2.16 bits per heavy atom. The largest absolute Gasteiger partial charge is 0.497 e. The molecule has 0 spiro atoms. The van der Waals surface area contributed by atoms with Gasteiger partial charge >= 0.3 is 0 Å². The van der Waals surface area contributed by atoms with Crippen molar-refractivity contribution in [3.63, 3.8) is 0 Å². The van der Waals surface area contributed by atoms with Gasteiger partial charge in [0.1, 0.15) is 23.3 Å². The molecule has 2 atom stereocenters. The molecular weight excluding hydrogens is 432 g/mol. The van der Waals surface area contributed by atoms with E-state index in [1.165, 1.54) is 20.3 Å². The number of ether oxygens (including phenoxy) is 3. The Morgan fingerprint density at radius 2 is 1.66 bits per heavy atom. The molecule has 9 heteroatoms. The highest BCUT2D eigenvalue weighted by molar-refractivity contribution is 7.92. The third kappa shape index (κ3) is 5.64. The lowest BCUT2D eigenvalue weighted by molar-refractivity contribution is -0.122. The molecule has 2 unspecified atom stereocenters. The fourth-order valence-corrected chi connectivity index (χ4v) is 4.75. The third-order valence-corrected chi connectivity index (χ3v) is 6.49. The quantitative estimate of drug-likeness (QED) is 0.579. The molecule has 0 fully saturated rings. The van der Waals surface area contributed by atoms with Crippen LogP contribution < -0.4 is 23.8 Å². The van der Waals surface area contributed by atoms with Crippen molar-refractivity contribution in [2.24, 2.45) is 0 Å². The maximum atomic E-state index is 13.2. The van der Waals surface area contributed by atoms with E-state index in [0.717, 1.165) is 27.4 Å². The number of anilines is 1. The van der Waals surface area contributed by atoms with Crippen molar-refractivity contribution < 1.29 is 27.4 Å². The van der Waals surface area contributed by atoms with Crippen LogP contribution >= 0.6 is 0 Å². The summed E-state index contributed by atoms with van der Waals surface area (Å²) in [5, 5.41) is 2.98. The molecule has 8 nitrogen and oxygen atoms in total. The minimum absolute atomic E-state index is 0.227. The van der Waals surface area contributed by atoms with Crippen LogP contribution in [-0.4, -0.2) is 48.0 Å². The average molecular weight is 465 g/mol. The van der Waals surface area contributed by atoms with Crippen molar-refractivity contribution in [3.05, 3.63) is 47.5 Å². The summed E-state index contributed by atoms with van der Waals surface area (Å²) >= 11 is 0. The summed E-state index contributed by atoms with van der Waals surface area (Å²) in [5.41, 5.74) is 2.09. The Balaban J connectivity index is 2.39. The molecule has 0 aliphatic heterocycles. The van der Waals surface area contributed by atoms with Crippen molar-refractivity contribution in [2.45, 2.75) is 39.3 Å². The van der Waals surface area contributed by atoms with Crippen LogP contribution in [0.3, 0.4) is 0 Å². The number of sulfonamides is 1. The predicted octanol–water partition coefficient (Wildman–Crippen LogP) is 3.44. The minimum Gasteiger partial charge on any atom is -0.497 e. The monoisotopic (exact) mass is 464 g/mol. The number of rotatable bonds is 10. The highest BCUT2D eigenvalue weighted by Gasteiger charge is 2.32. The van der Waals surface area contributed by atoms with E-state index < -0.39 is 22.0 Å². The second-order valence-electron chi connectivity index (χ2n) is 7.47. The first-order valence-corrected chi connectivity index (χ1v) is 12.1. The molecule has 2 aromatic carbocycles. The second kappa shape index (κ2) is 10.6. The number of benzene rings is 2. The van der Waals surface area contributed by atoms with Crippen molar-refractivity contribution >= 4 is 21.6 Å². The molecule has 32 heavy (non-hydrogen) atoms. The lowest BCUT2D eigenvalue weighted by Crippen LogP contribution is -2.48. The Kier molecular flexibility index (Phi) is 8.38. The van der Waals surface area contributed by atoms with Crippen LogP contribution in [0.2, 0.25) is 0 Å². The van der Waals surface area contributed by atoms with Crippen LogP contribution in [0.15, 0.2) is 36.4 Å². The summed E-state index contributed by atoms with van der Waals surface area (Å²) in [6.07, 6.45) is 1.69. The van der Waals surface area contributed by atoms with Gasteiger partial charge in [0.25, 0.3) is 0 Å². The van der Waals surface area contributed by atoms with E-state index in [1.807, 2.05) is 32.0 Å². The number of nitrogens with one attached hydrogen (secondary N) is 1. The lowest BCUT2D eigenvalue weighted by Gasteiger charge is -2.31. The topological polar surface area (TPSA) is 94.2 Å². The van der Waals surface area contributed by atoms with Gasteiger partial charge in [-0.1, -0.05) is 19.1 Å². The summed E-state index contributed by atoms with van der Waals surface area (Å²) in [4.78, 5) is 13.2. The maximum absolute atomic E-state index is 13.2. The summed E-state index contributed by atoms with van der Waals surface area (Å²) in [6.45, 7) is 5.43. The van der Waals surface area contributed by atoms with E-state index in [4.69, 9.17) is 14.2 Å². The van der Waals surface area contributed by atoms with Gasteiger partial charge in [-0.3, -0.25) is 9.10 Å². The van der Waals surface area contributed by atoms with Crippen molar-refractivity contribution in [1.29, 1.82) is 0 Å². The summed E-state index contributed by atoms with van der Waals surface area (Å²) < 4.78 is 42.4. The Morgan fingerprint density at radius 1 is 1.03 bits per heavy atom. The van der Waals surface area contributed by atoms with Crippen molar-refractivity contribution in [3.8, 4) is 17.2 Å². The number of aryl methyl sites for hydroxylation is 1. The van der Waals surface area contributed by atoms with Gasteiger partial charge in [-0.05, 0) is 49.6 Å². The number of carbonyl (C=O) groups is 1. The fraction of sp³-hybridized carbons (Fsp3) is 0.435. The molecule has 176 valence electrons. The first-order valence-electron chi connectivity index (χ1n) is 10.2. The summed E-state index contributed by atoms with van der Waals surface area (Å²) in [5.74, 6) is 1.09. The van der Waals surface area contributed by atoms with Gasteiger partial charge in [0.15, 0.2) is 0 Å². The second-order valence-corrected chi connectivity index (χ2v) is 9.33. The Hall–Kier alpha value is -2.94. The van der Waals surface area contributed by atoms with Crippen molar-refractivity contribution in [1.82, 2.24) is 5.32 Å². The minimum atomic E-state index is -3.82. The van der Waals surface area contributed by atoms with Crippen LogP contribution in [0.5, 0.6) is 17.2 Å². The van der Waals surface area contributed by atoms with Gasteiger partial charge in [0.2, 0.25) is 15.9 Å². The third-order valence-electron chi connectivity index (χ3n) is 5.26. The van der Waals surface area contributed by atoms with E-state index in [-0.39, 0.29) is 11.7 Å². The molecule has 1 amide bonds. The molecule has 0 saturated carbocycles. The molecule has 0 bridgehead atoms. The normalized spacial score (nSPS) is 13.1. The zero-order valence-corrected chi connectivity index (χ0v) is 20.4. The zero-order valence-electron chi connectivity index (χ0n) is 19.6. The first-order chi connectivity index (χ1) is 15.1. The molecule has 1 N–H and O–H groups in total. The highest BCUT2D eigenvalue weighted by atomic mass is 32.2. The van der Waals surface area contributed by atoms with Crippen LogP contribution in [0, 0.1) is 6.92 Å². The number of hydrogen-bond acceptors (Lipinski definition) is 6. The van der Waals surface area contributed by atoms with Gasteiger partial charge < -0.3 is 19.5 Å². The van der Waals surface area contributed by atoms with Crippen LogP contribution in [0.25, 0.3) is 0 Å². The molecule has 0 radical (unpaired) electrons. The van der Waals surface area contributed by atoms with E-state index >= 15 is 0 Å². The van der Waals surface area contributed by atoms with Crippen LogP contribution in [0.4, 0.5) is 5.69 Å². The number of hydrogen-bond donors (Lipinski definition) is 1. The molecular formula is C23H32N2O6S. The molecule has 0 aliphatic carbocycles.